The number of rotatable bonds is 4. The van der Waals surface area contributed by atoms with Gasteiger partial charge >= 0.3 is 0 Å². The highest BCUT2D eigenvalue weighted by molar-refractivity contribution is 5.70. The predicted molar refractivity (Wildman–Crippen MR) is 64.3 cm³/mol. The topological polar surface area (TPSA) is 74.2 Å². The Kier molecular flexibility index (Phi) is 3.57. The van der Waals surface area contributed by atoms with Crippen molar-refractivity contribution < 1.29 is 13.7 Å². The van der Waals surface area contributed by atoms with Gasteiger partial charge < -0.3 is 15.0 Å². The number of ether oxygens (including phenoxy) is 1. The molecule has 0 aliphatic carbocycles. The van der Waals surface area contributed by atoms with E-state index in [1.54, 1.807) is 19.2 Å². The number of aromatic nitrogens is 2. The van der Waals surface area contributed by atoms with Gasteiger partial charge in [0.15, 0.2) is 5.82 Å². The fourth-order valence-electron chi connectivity index (χ4n) is 1.51. The molecule has 2 aromatic rings. The van der Waals surface area contributed by atoms with E-state index in [9.17, 15) is 4.39 Å². The van der Waals surface area contributed by atoms with E-state index >= 15 is 0 Å². The summed E-state index contributed by atoms with van der Waals surface area (Å²) in [5.74, 6) is 0.214. The van der Waals surface area contributed by atoms with E-state index in [4.69, 9.17) is 15.0 Å². The highest BCUT2D eigenvalue weighted by Gasteiger charge is 2.15. The van der Waals surface area contributed by atoms with Crippen LogP contribution < -0.4 is 5.73 Å². The molecule has 1 unspecified atom stereocenters. The molecule has 0 amide bonds. The summed E-state index contributed by atoms with van der Waals surface area (Å²) in [7, 11) is 1.61. The summed E-state index contributed by atoms with van der Waals surface area (Å²) < 4.78 is 23.5. The molecule has 2 N–H and O–H groups in total. The molecule has 1 atom stereocenters. The van der Waals surface area contributed by atoms with Crippen LogP contribution in [-0.2, 0) is 11.2 Å². The molecule has 0 spiro atoms. The van der Waals surface area contributed by atoms with Crippen LogP contribution in [0.3, 0.4) is 0 Å². The van der Waals surface area contributed by atoms with Crippen molar-refractivity contribution in [3.63, 3.8) is 0 Å². The Bertz CT molecular complexity index is 542. The number of halogens is 1. The van der Waals surface area contributed by atoms with Crippen molar-refractivity contribution in [3.8, 4) is 11.5 Å². The van der Waals surface area contributed by atoms with Gasteiger partial charge in [-0.15, -0.1) is 0 Å². The van der Waals surface area contributed by atoms with Crippen LogP contribution in [0.25, 0.3) is 11.5 Å². The Balaban J connectivity index is 2.27. The summed E-state index contributed by atoms with van der Waals surface area (Å²) in [5, 5.41) is 3.81. The van der Waals surface area contributed by atoms with Gasteiger partial charge in [0.05, 0.1) is 17.4 Å². The molecule has 0 saturated heterocycles. The maximum Gasteiger partial charge on any atom is 0.260 e. The molecule has 0 fully saturated rings. The Labute approximate surface area is 104 Å². The Hall–Kier alpha value is -1.95. The molecule has 1 heterocycles. The summed E-state index contributed by atoms with van der Waals surface area (Å²) in [5.41, 5.74) is 6.03. The molecule has 18 heavy (non-hydrogen) atoms. The quantitative estimate of drug-likeness (QED) is 0.841. The standard InChI is InChI=1S/C12H14FN3O2/c1-7(17-2)6-10-15-12(18-16-10)8-4-3-5-9(13)11(8)14/h3-5,7H,6,14H2,1-2H3. The number of hydrogen-bond donors (Lipinski definition) is 1. The number of para-hydroxylation sites is 1. The van der Waals surface area contributed by atoms with Crippen LogP contribution in [0.15, 0.2) is 22.7 Å². The average molecular weight is 251 g/mol. The minimum absolute atomic E-state index is 0.00694. The molecule has 1 aromatic carbocycles. The molecule has 96 valence electrons. The van der Waals surface area contributed by atoms with Crippen molar-refractivity contribution >= 4 is 5.69 Å². The third-order valence-corrected chi connectivity index (χ3v) is 2.62. The van der Waals surface area contributed by atoms with Gasteiger partial charge in [-0.05, 0) is 19.1 Å². The first-order valence-electron chi connectivity index (χ1n) is 5.51. The fourth-order valence-corrected chi connectivity index (χ4v) is 1.51. The molecule has 2 rings (SSSR count). The second kappa shape index (κ2) is 5.14. The van der Waals surface area contributed by atoms with Crippen molar-refractivity contribution in [2.75, 3.05) is 12.8 Å². The average Bonchev–Trinajstić information content (AvgIpc) is 2.80. The van der Waals surface area contributed by atoms with Crippen LogP contribution in [0.2, 0.25) is 0 Å². The van der Waals surface area contributed by atoms with Crippen LogP contribution in [0.4, 0.5) is 10.1 Å². The molecule has 5 nitrogen and oxygen atoms in total. The zero-order valence-electron chi connectivity index (χ0n) is 10.2. The summed E-state index contributed by atoms with van der Waals surface area (Å²) in [6.45, 7) is 1.90. The summed E-state index contributed by atoms with van der Waals surface area (Å²) in [4.78, 5) is 4.17. The highest BCUT2D eigenvalue weighted by Crippen LogP contribution is 2.26. The number of nitrogens with two attached hydrogens (primary N) is 1. The molecule has 0 aliphatic heterocycles. The van der Waals surface area contributed by atoms with Gasteiger partial charge in [-0.3, -0.25) is 0 Å². The minimum Gasteiger partial charge on any atom is -0.396 e. The van der Waals surface area contributed by atoms with Gasteiger partial charge in [0.1, 0.15) is 5.82 Å². The lowest BCUT2D eigenvalue weighted by molar-refractivity contribution is 0.116. The summed E-state index contributed by atoms with van der Waals surface area (Å²) >= 11 is 0. The van der Waals surface area contributed by atoms with Crippen LogP contribution in [0.5, 0.6) is 0 Å². The Morgan fingerprint density at radius 2 is 2.28 bits per heavy atom. The van der Waals surface area contributed by atoms with Gasteiger partial charge in [-0.25, -0.2) is 4.39 Å². The van der Waals surface area contributed by atoms with Crippen LogP contribution in [0.1, 0.15) is 12.7 Å². The third kappa shape index (κ3) is 2.48. The highest BCUT2D eigenvalue weighted by atomic mass is 19.1. The SMILES string of the molecule is COC(C)Cc1noc(-c2cccc(F)c2N)n1. The van der Waals surface area contributed by atoms with E-state index in [1.807, 2.05) is 6.92 Å². The monoisotopic (exact) mass is 251 g/mol. The first-order valence-corrected chi connectivity index (χ1v) is 5.51. The van der Waals surface area contributed by atoms with Crippen molar-refractivity contribution in [1.82, 2.24) is 10.1 Å². The van der Waals surface area contributed by atoms with Gasteiger partial charge in [0.2, 0.25) is 0 Å². The van der Waals surface area contributed by atoms with E-state index in [1.165, 1.54) is 6.07 Å². The number of methoxy groups -OCH3 is 1. The molecule has 0 aliphatic rings. The third-order valence-electron chi connectivity index (χ3n) is 2.62. The maximum atomic E-state index is 13.3. The normalized spacial score (nSPS) is 12.6. The lowest BCUT2D eigenvalue weighted by Gasteiger charge is -2.04. The lowest BCUT2D eigenvalue weighted by Crippen LogP contribution is -2.09. The van der Waals surface area contributed by atoms with E-state index in [-0.39, 0.29) is 17.7 Å². The fraction of sp³-hybridized carbons (Fsp3) is 0.333. The molecule has 0 bridgehead atoms. The Morgan fingerprint density at radius 1 is 1.50 bits per heavy atom. The van der Waals surface area contributed by atoms with Crippen molar-refractivity contribution in [2.24, 2.45) is 0 Å². The number of anilines is 1. The molecule has 0 saturated carbocycles. The van der Waals surface area contributed by atoms with Gasteiger partial charge in [0.25, 0.3) is 5.89 Å². The van der Waals surface area contributed by atoms with E-state index in [0.717, 1.165) is 0 Å². The van der Waals surface area contributed by atoms with Gasteiger partial charge in [-0.1, -0.05) is 11.2 Å². The molecule has 0 radical (unpaired) electrons. The molecular weight excluding hydrogens is 237 g/mol. The van der Waals surface area contributed by atoms with E-state index in [0.29, 0.717) is 17.8 Å². The van der Waals surface area contributed by atoms with E-state index in [2.05, 4.69) is 10.1 Å². The van der Waals surface area contributed by atoms with E-state index < -0.39 is 5.82 Å². The first kappa shape index (κ1) is 12.5. The second-order valence-corrected chi connectivity index (χ2v) is 3.97. The Morgan fingerprint density at radius 3 is 3.00 bits per heavy atom. The molecule has 1 aromatic heterocycles. The van der Waals surface area contributed by atoms with Crippen LogP contribution >= 0.6 is 0 Å². The zero-order chi connectivity index (χ0) is 13.1. The van der Waals surface area contributed by atoms with Crippen molar-refractivity contribution in [1.29, 1.82) is 0 Å². The first-order chi connectivity index (χ1) is 8.61. The number of benzene rings is 1. The minimum atomic E-state index is -0.502. The lowest BCUT2D eigenvalue weighted by atomic mass is 10.1. The predicted octanol–water partition coefficient (Wildman–Crippen LogP) is 2.04. The second-order valence-electron chi connectivity index (χ2n) is 3.97. The van der Waals surface area contributed by atoms with Crippen LogP contribution in [0, 0.1) is 5.82 Å². The summed E-state index contributed by atoms with van der Waals surface area (Å²) in [6, 6.07) is 4.46. The van der Waals surface area contributed by atoms with Crippen molar-refractivity contribution in [3.05, 3.63) is 29.8 Å². The maximum absolute atomic E-state index is 13.3. The van der Waals surface area contributed by atoms with Gasteiger partial charge in [-0.2, -0.15) is 4.98 Å². The molecular formula is C12H14FN3O2. The zero-order valence-corrected chi connectivity index (χ0v) is 10.2. The molecule has 6 heteroatoms. The van der Waals surface area contributed by atoms with Gasteiger partial charge in [0, 0.05) is 13.5 Å². The number of nitrogens with zero attached hydrogens (tertiary/aromatic N) is 2. The summed E-state index contributed by atoms with van der Waals surface area (Å²) in [6.07, 6.45) is 0.509. The number of nitrogen functional groups attached to an aromatic ring is 1. The smallest absolute Gasteiger partial charge is 0.260 e. The number of hydrogen-bond acceptors (Lipinski definition) is 5. The van der Waals surface area contributed by atoms with Crippen LogP contribution in [-0.4, -0.2) is 23.4 Å². The largest absolute Gasteiger partial charge is 0.396 e. The van der Waals surface area contributed by atoms with Crippen molar-refractivity contribution in [2.45, 2.75) is 19.4 Å².